The van der Waals surface area contributed by atoms with E-state index in [0.29, 0.717) is 0 Å². The first kappa shape index (κ1) is 14.5. The maximum absolute atomic E-state index is 12.6. The minimum absolute atomic E-state index is 0.0302. The number of ketones is 1. The summed E-state index contributed by atoms with van der Waals surface area (Å²) < 4.78 is 0. The lowest BCUT2D eigenvalue weighted by atomic mass is 9.83. The number of hydrogen-bond acceptors (Lipinski definition) is 1. The normalized spacial score (nSPS) is 11.1. The fourth-order valence-electron chi connectivity index (χ4n) is 2.37. The molecule has 0 spiro atoms. The van der Waals surface area contributed by atoms with Gasteiger partial charge in [-0.15, -0.1) is 0 Å². The van der Waals surface area contributed by atoms with Crippen LogP contribution in [0.2, 0.25) is 0 Å². The Morgan fingerprint density at radius 3 is 1.40 bits per heavy atom. The summed E-state index contributed by atoms with van der Waals surface area (Å²) in [4.78, 5) is 12.6. The van der Waals surface area contributed by atoms with Crippen molar-refractivity contribution >= 4 is 5.78 Å². The van der Waals surface area contributed by atoms with Crippen LogP contribution < -0.4 is 0 Å². The van der Waals surface area contributed by atoms with E-state index in [4.69, 9.17) is 0 Å². The second-order valence-electron chi connectivity index (χ2n) is 5.81. The van der Waals surface area contributed by atoms with Crippen LogP contribution in [0.5, 0.6) is 0 Å². The van der Waals surface area contributed by atoms with E-state index in [2.05, 4.69) is 62.4 Å². The van der Waals surface area contributed by atoms with Crippen molar-refractivity contribution in [3.05, 3.63) is 70.8 Å². The Bertz CT molecular complexity index is 531. The number of rotatable bonds is 4. The molecular formula is C19H22O. The van der Waals surface area contributed by atoms with Gasteiger partial charge < -0.3 is 0 Å². The van der Waals surface area contributed by atoms with Gasteiger partial charge in [0.25, 0.3) is 0 Å². The SMILES string of the molecule is Cc1ccc(C(C(=O)C(C)C)c2ccc(C)cc2)cc1. The van der Waals surface area contributed by atoms with Crippen molar-refractivity contribution in [3.8, 4) is 0 Å². The highest BCUT2D eigenvalue weighted by atomic mass is 16.1. The van der Waals surface area contributed by atoms with Crippen molar-refractivity contribution in [2.24, 2.45) is 5.92 Å². The van der Waals surface area contributed by atoms with Gasteiger partial charge in [-0.1, -0.05) is 73.5 Å². The van der Waals surface area contributed by atoms with E-state index >= 15 is 0 Å². The van der Waals surface area contributed by atoms with Gasteiger partial charge in [0, 0.05) is 5.92 Å². The molecule has 0 heterocycles. The average Bonchev–Trinajstić information content (AvgIpc) is 2.43. The zero-order chi connectivity index (χ0) is 14.7. The maximum atomic E-state index is 12.6. The predicted molar refractivity (Wildman–Crippen MR) is 84.0 cm³/mol. The monoisotopic (exact) mass is 266 g/mol. The van der Waals surface area contributed by atoms with Crippen LogP contribution in [0.3, 0.4) is 0 Å². The number of hydrogen-bond donors (Lipinski definition) is 0. The second-order valence-corrected chi connectivity index (χ2v) is 5.81. The van der Waals surface area contributed by atoms with Crippen molar-refractivity contribution in [3.63, 3.8) is 0 Å². The highest BCUT2D eigenvalue weighted by molar-refractivity contribution is 5.90. The summed E-state index contributed by atoms with van der Waals surface area (Å²) in [6.45, 7) is 8.07. The summed E-state index contributed by atoms with van der Waals surface area (Å²) in [5, 5.41) is 0. The molecule has 2 aromatic carbocycles. The molecule has 1 nitrogen and oxygen atoms in total. The van der Waals surface area contributed by atoms with Crippen LogP contribution in [0.15, 0.2) is 48.5 Å². The first-order chi connectivity index (χ1) is 9.49. The predicted octanol–water partition coefficient (Wildman–Crippen LogP) is 4.66. The number of benzene rings is 2. The number of Topliss-reactive ketones (excluding diaryl/α,β-unsaturated/α-hetero) is 1. The molecule has 2 rings (SSSR count). The van der Waals surface area contributed by atoms with Crippen molar-refractivity contribution in [1.29, 1.82) is 0 Å². The molecule has 0 bridgehead atoms. The molecule has 0 aliphatic rings. The van der Waals surface area contributed by atoms with E-state index < -0.39 is 0 Å². The number of carbonyl (C=O) groups excluding carboxylic acids is 1. The van der Waals surface area contributed by atoms with Crippen molar-refractivity contribution in [2.45, 2.75) is 33.6 Å². The molecule has 20 heavy (non-hydrogen) atoms. The molecule has 0 aromatic heterocycles. The molecule has 104 valence electrons. The molecule has 0 amide bonds. The number of aryl methyl sites for hydroxylation is 2. The smallest absolute Gasteiger partial charge is 0.147 e. The van der Waals surface area contributed by atoms with Gasteiger partial charge in [-0.3, -0.25) is 4.79 Å². The highest BCUT2D eigenvalue weighted by Gasteiger charge is 2.24. The Hall–Kier alpha value is -1.89. The molecule has 0 aliphatic heterocycles. The Kier molecular flexibility index (Phi) is 4.39. The van der Waals surface area contributed by atoms with Crippen LogP contribution in [0.4, 0.5) is 0 Å². The van der Waals surface area contributed by atoms with Crippen molar-refractivity contribution in [1.82, 2.24) is 0 Å². The van der Waals surface area contributed by atoms with E-state index in [1.807, 2.05) is 13.8 Å². The summed E-state index contributed by atoms with van der Waals surface area (Å²) in [5.41, 5.74) is 4.60. The van der Waals surface area contributed by atoms with Gasteiger partial charge >= 0.3 is 0 Å². The topological polar surface area (TPSA) is 17.1 Å². The maximum Gasteiger partial charge on any atom is 0.147 e. The minimum atomic E-state index is -0.156. The molecule has 0 fully saturated rings. The van der Waals surface area contributed by atoms with Crippen LogP contribution in [0.1, 0.15) is 42.0 Å². The number of carbonyl (C=O) groups is 1. The molecule has 0 unspecified atom stereocenters. The van der Waals surface area contributed by atoms with Crippen LogP contribution in [-0.4, -0.2) is 5.78 Å². The fourth-order valence-corrected chi connectivity index (χ4v) is 2.37. The van der Waals surface area contributed by atoms with E-state index in [1.54, 1.807) is 0 Å². The fraction of sp³-hybridized carbons (Fsp3) is 0.316. The molecule has 0 saturated carbocycles. The molecule has 1 heteroatoms. The van der Waals surface area contributed by atoms with Crippen LogP contribution in [-0.2, 0) is 4.79 Å². The van der Waals surface area contributed by atoms with Crippen molar-refractivity contribution in [2.75, 3.05) is 0 Å². The Morgan fingerprint density at radius 2 is 1.10 bits per heavy atom. The minimum Gasteiger partial charge on any atom is -0.298 e. The van der Waals surface area contributed by atoms with Gasteiger partial charge in [-0.2, -0.15) is 0 Å². The van der Waals surface area contributed by atoms with Crippen LogP contribution >= 0.6 is 0 Å². The van der Waals surface area contributed by atoms with E-state index in [-0.39, 0.29) is 17.6 Å². The van der Waals surface area contributed by atoms with Crippen LogP contribution in [0, 0.1) is 19.8 Å². The molecule has 0 saturated heterocycles. The summed E-state index contributed by atoms with van der Waals surface area (Å²) >= 11 is 0. The molecule has 0 aliphatic carbocycles. The summed E-state index contributed by atoms with van der Waals surface area (Å²) in [6, 6.07) is 16.6. The molecule has 0 radical (unpaired) electrons. The van der Waals surface area contributed by atoms with E-state index in [1.165, 1.54) is 11.1 Å². The third-order valence-electron chi connectivity index (χ3n) is 3.67. The highest BCUT2D eigenvalue weighted by Crippen LogP contribution is 2.28. The molecule has 2 aromatic rings. The zero-order valence-electron chi connectivity index (χ0n) is 12.7. The third-order valence-corrected chi connectivity index (χ3v) is 3.67. The van der Waals surface area contributed by atoms with Gasteiger partial charge in [-0.05, 0) is 25.0 Å². The van der Waals surface area contributed by atoms with E-state index in [0.717, 1.165) is 11.1 Å². The summed E-state index contributed by atoms with van der Waals surface area (Å²) in [6.07, 6.45) is 0. The Morgan fingerprint density at radius 1 is 0.750 bits per heavy atom. The van der Waals surface area contributed by atoms with Gasteiger partial charge in [0.2, 0.25) is 0 Å². The zero-order valence-corrected chi connectivity index (χ0v) is 12.7. The molecular weight excluding hydrogens is 244 g/mol. The lowest BCUT2D eigenvalue weighted by molar-refractivity contribution is -0.122. The third kappa shape index (κ3) is 3.16. The summed E-state index contributed by atoms with van der Waals surface area (Å²) in [7, 11) is 0. The Balaban J connectivity index is 2.47. The molecule has 0 N–H and O–H groups in total. The first-order valence-electron chi connectivity index (χ1n) is 7.16. The Labute approximate surface area is 121 Å². The van der Waals surface area contributed by atoms with Crippen LogP contribution in [0.25, 0.3) is 0 Å². The lowest BCUT2D eigenvalue weighted by Crippen LogP contribution is -2.19. The standard InChI is InChI=1S/C19H22O/c1-13(2)19(20)18(16-9-5-14(3)6-10-16)17-11-7-15(4)8-12-17/h5-13,18H,1-4H3. The summed E-state index contributed by atoms with van der Waals surface area (Å²) in [5.74, 6) is 0.150. The van der Waals surface area contributed by atoms with Crippen molar-refractivity contribution < 1.29 is 4.79 Å². The second kappa shape index (κ2) is 6.04. The van der Waals surface area contributed by atoms with Gasteiger partial charge in [0.1, 0.15) is 5.78 Å². The molecule has 0 atom stereocenters. The lowest BCUT2D eigenvalue weighted by Gasteiger charge is -2.19. The quantitative estimate of drug-likeness (QED) is 0.786. The van der Waals surface area contributed by atoms with Gasteiger partial charge in [0.15, 0.2) is 0 Å². The average molecular weight is 266 g/mol. The van der Waals surface area contributed by atoms with Gasteiger partial charge in [0.05, 0.1) is 5.92 Å². The van der Waals surface area contributed by atoms with E-state index in [9.17, 15) is 4.79 Å². The largest absolute Gasteiger partial charge is 0.298 e. The van der Waals surface area contributed by atoms with Gasteiger partial charge in [-0.25, -0.2) is 0 Å². The first-order valence-corrected chi connectivity index (χ1v) is 7.16.